The maximum Gasteiger partial charge on any atom is 0.240 e. The molecule has 2 aliphatic rings. The SMILES string of the molecule is CCCC[C@H](NC(Cc1ccccc1)C(=O)N1CCC(OCOC)CC1)C(=O)N[C@@H](CC1CCCCC1)C[C@H](O)C(CSC(C)C)C(C)C. The Morgan fingerprint density at radius 2 is 1.69 bits per heavy atom. The minimum absolute atomic E-state index is 0.0416. The summed E-state index contributed by atoms with van der Waals surface area (Å²) in [5.41, 5.74) is 1.07. The van der Waals surface area contributed by atoms with E-state index in [9.17, 15) is 14.7 Å². The van der Waals surface area contributed by atoms with Gasteiger partial charge in [0.1, 0.15) is 6.79 Å². The lowest BCUT2D eigenvalue weighted by Gasteiger charge is -2.36. The van der Waals surface area contributed by atoms with Crippen molar-refractivity contribution in [1.82, 2.24) is 15.5 Å². The first-order valence-corrected chi connectivity index (χ1v) is 20.4. The normalized spacial score (nSPS) is 19.5. The number of methoxy groups -OCH3 is 1. The Kier molecular flexibility index (Phi) is 19.6. The zero-order chi connectivity index (χ0) is 35.6. The first-order chi connectivity index (χ1) is 23.6. The second-order valence-electron chi connectivity index (χ2n) is 15.2. The first-order valence-electron chi connectivity index (χ1n) is 19.4. The maximum atomic E-state index is 14.3. The second-order valence-corrected chi connectivity index (χ2v) is 16.8. The van der Waals surface area contributed by atoms with Crippen LogP contribution in [0.5, 0.6) is 0 Å². The summed E-state index contributed by atoms with van der Waals surface area (Å²) >= 11 is 1.91. The number of piperidine rings is 1. The number of benzene rings is 1. The molecule has 2 unspecified atom stereocenters. The molecule has 1 aromatic rings. The van der Waals surface area contributed by atoms with Crippen LogP contribution in [0.4, 0.5) is 0 Å². The van der Waals surface area contributed by atoms with E-state index >= 15 is 0 Å². The zero-order valence-electron chi connectivity index (χ0n) is 31.5. The molecule has 5 atom stereocenters. The van der Waals surface area contributed by atoms with Gasteiger partial charge in [0.2, 0.25) is 11.8 Å². The van der Waals surface area contributed by atoms with Crippen LogP contribution in [0.25, 0.3) is 0 Å². The molecule has 2 fully saturated rings. The largest absolute Gasteiger partial charge is 0.393 e. The average Bonchev–Trinajstić information content (AvgIpc) is 3.09. The van der Waals surface area contributed by atoms with E-state index < -0.39 is 18.2 Å². The standard InChI is InChI=1S/C40H69N3O5S/c1-7-8-19-36(42-37(25-32-17-13-10-14-18-32)40(46)43-22-20-34(21-23-43)48-28-47-6)39(45)41-33(24-31-15-11-9-12-16-31)26-38(44)35(29(2)3)27-49-30(4)5/h10,13-14,17-18,29-31,33-38,42,44H,7-9,11-12,15-16,19-28H2,1-6H3,(H,41,45)/t33-,35?,36-,37?,38-/m0/s1. The van der Waals surface area contributed by atoms with E-state index in [1.165, 1.54) is 32.1 Å². The Bertz CT molecular complexity index is 1050. The van der Waals surface area contributed by atoms with Gasteiger partial charge in [-0.2, -0.15) is 11.8 Å². The molecule has 2 amide bonds. The number of nitrogens with zero attached hydrogens (tertiary/aromatic N) is 1. The van der Waals surface area contributed by atoms with Gasteiger partial charge in [0.05, 0.1) is 24.3 Å². The van der Waals surface area contributed by atoms with Crippen LogP contribution >= 0.6 is 11.8 Å². The van der Waals surface area contributed by atoms with Crippen molar-refractivity contribution in [2.24, 2.45) is 17.8 Å². The Hall–Kier alpha value is -1.65. The molecule has 1 saturated heterocycles. The summed E-state index contributed by atoms with van der Waals surface area (Å²) in [6.07, 6.45) is 11.8. The molecule has 1 aromatic carbocycles. The number of nitrogens with one attached hydrogen (secondary N) is 2. The fourth-order valence-corrected chi connectivity index (χ4v) is 8.71. The number of amides is 2. The van der Waals surface area contributed by atoms with Crippen molar-refractivity contribution >= 4 is 23.6 Å². The topological polar surface area (TPSA) is 100 Å². The Morgan fingerprint density at radius 1 is 1.00 bits per heavy atom. The van der Waals surface area contributed by atoms with Gasteiger partial charge in [0.15, 0.2) is 0 Å². The van der Waals surface area contributed by atoms with Crippen LogP contribution in [0.2, 0.25) is 0 Å². The molecule has 280 valence electrons. The molecule has 3 N–H and O–H groups in total. The van der Waals surface area contributed by atoms with Crippen molar-refractivity contribution in [2.75, 3.05) is 32.7 Å². The number of aliphatic hydroxyl groups is 1. The van der Waals surface area contributed by atoms with Gasteiger partial charge in [0.25, 0.3) is 0 Å². The lowest BCUT2D eigenvalue weighted by atomic mass is 9.81. The molecule has 8 nitrogen and oxygen atoms in total. The van der Waals surface area contributed by atoms with Gasteiger partial charge in [0, 0.05) is 26.2 Å². The van der Waals surface area contributed by atoms with Crippen molar-refractivity contribution < 1.29 is 24.2 Å². The van der Waals surface area contributed by atoms with Crippen molar-refractivity contribution in [3.63, 3.8) is 0 Å². The van der Waals surface area contributed by atoms with Gasteiger partial charge in [-0.1, -0.05) is 110 Å². The molecule has 1 aliphatic carbocycles. The third kappa shape index (κ3) is 15.2. The Labute approximate surface area is 302 Å². The van der Waals surface area contributed by atoms with Gasteiger partial charge in [-0.05, 0) is 72.8 Å². The van der Waals surface area contributed by atoms with Crippen LogP contribution in [-0.4, -0.2) is 90.1 Å². The van der Waals surface area contributed by atoms with Gasteiger partial charge in [-0.15, -0.1) is 0 Å². The molecule has 0 bridgehead atoms. The second kappa shape index (κ2) is 23.0. The number of aliphatic hydroxyl groups excluding tert-OH is 1. The van der Waals surface area contributed by atoms with Crippen molar-refractivity contribution in [2.45, 2.75) is 154 Å². The number of likely N-dealkylation sites (tertiary alicyclic amines) is 1. The van der Waals surface area contributed by atoms with Gasteiger partial charge in [-0.3, -0.25) is 14.9 Å². The average molecular weight is 704 g/mol. The summed E-state index contributed by atoms with van der Waals surface area (Å²) in [7, 11) is 1.62. The minimum atomic E-state index is -0.521. The van der Waals surface area contributed by atoms with Crippen molar-refractivity contribution in [3.05, 3.63) is 35.9 Å². The molecule has 1 aliphatic heterocycles. The predicted octanol–water partition coefficient (Wildman–Crippen LogP) is 6.98. The van der Waals surface area contributed by atoms with E-state index in [0.29, 0.717) is 49.4 Å². The number of ether oxygens (including phenoxy) is 2. The summed E-state index contributed by atoms with van der Waals surface area (Å²) in [6, 6.07) is 8.98. The molecule has 9 heteroatoms. The molecule has 49 heavy (non-hydrogen) atoms. The number of rotatable bonds is 22. The highest BCUT2D eigenvalue weighted by Crippen LogP contribution is 2.31. The summed E-state index contributed by atoms with van der Waals surface area (Å²) in [6.45, 7) is 12.5. The fourth-order valence-electron chi connectivity index (χ4n) is 7.49. The Balaban J connectivity index is 1.79. The highest BCUT2D eigenvalue weighted by atomic mass is 32.2. The van der Waals surface area contributed by atoms with Crippen LogP contribution < -0.4 is 10.6 Å². The number of thioether (sulfide) groups is 1. The summed E-state index contributed by atoms with van der Waals surface area (Å²) in [5.74, 6) is 2.01. The number of hydrogen-bond acceptors (Lipinski definition) is 7. The molecule has 0 spiro atoms. The smallest absolute Gasteiger partial charge is 0.240 e. The zero-order valence-corrected chi connectivity index (χ0v) is 32.4. The third-order valence-corrected chi connectivity index (χ3v) is 11.8. The number of unbranched alkanes of at least 4 members (excludes halogenated alkanes) is 1. The van der Waals surface area contributed by atoms with Gasteiger partial charge in [-0.25, -0.2) is 0 Å². The molecular formula is C40H69N3O5S. The highest BCUT2D eigenvalue weighted by molar-refractivity contribution is 7.99. The van der Waals surface area contributed by atoms with E-state index in [0.717, 1.165) is 43.4 Å². The highest BCUT2D eigenvalue weighted by Gasteiger charge is 2.34. The summed E-state index contributed by atoms with van der Waals surface area (Å²) in [4.78, 5) is 30.4. The first kappa shape index (κ1) is 41.8. The quantitative estimate of drug-likeness (QED) is 0.112. The number of hydrogen-bond donors (Lipinski definition) is 3. The third-order valence-electron chi connectivity index (χ3n) is 10.5. The molecule has 1 saturated carbocycles. The fraction of sp³-hybridized carbons (Fsp3) is 0.800. The Morgan fingerprint density at radius 3 is 2.31 bits per heavy atom. The molecule has 0 aromatic heterocycles. The van der Waals surface area contributed by atoms with E-state index in [1.807, 2.05) is 34.9 Å². The predicted molar refractivity (Wildman–Crippen MR) is 203 cm³/mol. The lowest BCUT2D eigenvalue weighted by Crippen LogP contribution is -2.57. The van der Waals surface area contributed by atoms with Gasteiger partial charge >= 0.3 is 0 Å². The van der Waals surface area contributed by atoms with Crippen LogP contribution in [0.1, 0.15) is 117 Å². The molecular weight excluding hydrogens is 635 g/mol. The summed E-state index contributed by atoms with van der Waals surface area (Å²) in [5, 5.41) is 19.2. The monoisotopic (exact) mass is 703 g/mol. The van der Waals surface area contributed by atoms with Crippen LogP contribution in [0.15, 0.2) is 30.3 Å². The maximum absolute atomic E-state index is 14.3. The lowest BCUT2D eigenvalue weighted by molar-refractivity contribution is -0.139. The van der Waals surface area contributed by atoms with Crippen LogP contribution in [-0.2, 0) is 25.5 Å². The van der Waals surface area contributed by atoms with E-state index in [1.54, 1.807) is 7.11 Å². The van der Waals surface area contributed by atoms with Crippen LogP contribution in [0, 0.1) is 17.8 Å². The minimum Gasteiger partial charge on any atom is -0.393 e. The van der Waals surface area contributed by atoms with E-state index in [4.69, 9.17) is 9.47 Å². The van der Waals surface area contributed by atoms with Crippen molar-refractivity contribution in [3.8, 4) is 0 Å². The molecule has 0 radical (unpaired) electrons. The summed E-state index contributed by atoms with van der Waals surface area (Å²) < 4.78 is 10.9. The van der Waals surface area contributed by atoms with Gasteiger partial charge < -0.3 is 24.8 Å². The van der Waals surface area contributed by atoms with E-state index in [2.05, 4.69) is 57.4 Å². The van der Waals surface area contributed by atoms with E-state index in [-0.39, 0.29) is 36.7 Å². The van der Waals surface area contributed by atoms with Crippen LogP contribution in [0.3, 0.4) is 0 Å². The molecule has 1 heterocycles. The number of carbonyl (C=O) groups excluding carboxylic acids is 2. The molecule has 3 rings (SSSR count). The van der Waals surface area contributed by atoms with Crippen molar-refractivity contribution in [1.29, 1.82) is 0 Å². The number of carbonyl (C=O) groups is 2.